The quantitative estimate of drug-likeness (QED) is 0.496. The van der Waals surface area contributed by atoms with E-state index in [-0.39, 0.29) is 11.6 Å². The van der Waals surface area contributed by atoms with Crippen LogP contribution in [0.15, 0.2) is 23.3 Å². The maximum atomic E-state index is 11.6. The van der Waals surface area contributed by atoms with Crippen molar-refractivity contribution in [3.8, 4) is 0 Å². The summed E-state index contributed by atoms with van der Waals surface area (Å²) in [5.41, 5.74) is 1.99. The molecule has 0 saturated carbocycles. The van der Waals surface area contributed by atoms with Crippen LogP contribution in [-0.2, 0) is 9.59 Å². The number of Topliss-reactive ketones (excluding diaryl/α,β-unsaturated/α-hetero) is 1. The topological polar surface area (TPSA) is 34.1 Å². The number of allylic oxidation sites excluding steroid dienone is 4. The van der Waals surface area contributed by atoms with Crippen LogP contribution in [0.4, 0.5) is 0 Å². The Morgan fingerprint density at radius 1 is 1.24 bits per heavy atom. The zero-order valence-electron chi connectivity index (χ0n) is 10.9. The summed E-state index contributed by atoms with van der Waals surface area (Å²) in [6.45, 7) is 4.12. The Bertz CT molecular complexity index is 348. The third-order valence-corrected chi connectivity index (χ3v) is 3.20. The zero-order chi connectivity index (χ0) is 12.7. The van der Waals surface area contributed by atoms with Crippen LogP contribution in [0.3, 0.4) is 0 Å². The monoisotopic (exact) mass is 234 g/mol. The van der Waals surface area contributed by atoms with Gasteiger partial charge in [-0.3, -0.25) is 9.59 Å². The molecule has 0 amide bonds. The number of carbonyl (C=O) groups is 2. The molecule has 1 aliphatic carbocycles. The molecule has 1 aliphatic rings. The predicted molar refractivity (Wildman–Crippen MR) is 69.8 cm³/mol. The molecule has 2 nitrogen and oxygen atoms in total. The lowest BCUT2D eigenvalue weighted by Crippen LogP contribution is -1.94. The Morgan fingerprint density at radius 3 is 2.65 bits per heavy atom. The number of hydrogen-bond donors (Lipinski definition) is 0. The van der Waals surface area contributed by atoms with Crippen LogP contribution in [0.25, 0.3) is 0 Å². The first-order valence-electron chi connectivity index (χ1n) is 6.65. The highest BCUT2D eigenvalue weighted by molar-refractivity contribution is 5.99. The molecule has 0 radical (unpaired) electrons. The highest BCUT2D eigenvalue weighted by Crippen LogP contribution is 2.26. The van der Waals surface area contributed by atoms with Gasteiger partial charge in [0.15, 0.2) is 11.6 Å². The number of unbranched alkanes of at least 4 members (excludes halogenated alkanes) is 2. The smallest absolute Gasteiger partial charge is 0.159 e. The SMILES string of the molecule is CCCCCC(=O)/C=C/C1=C(CC)C(=O)CC1. The van der Waals surface area contributed by atoms with E-state index < -0.39 is 0 Å². The van der Waals surface area contributed by atoms with Crippen molar-refractivity contribution >= 4 is 11.6 Å². The van der Waals surface area contributed by atoms with E-state index in [1.54, 1.807) is 6.08 Å². The molecule has 0 fully saturated rings. The zero-order valence-corrected chi connectivity index (χ0v) is 10.9. The Hall–Kier alpha value is -1.18. The first-order valence-corrected chi connectivity index (χ1v) is 6.65. The van der Waals surface area contributed by atoms with Crippen LogP contribution < -0.4 is 0 Å². The molecule has 0 unspecified atom stereocenters. The minimum absolute atomic E-state index is 0.181. The molecular formula is C15H22O2. The summed E-state index contributed by atoms with van der Waals surface area (Å²) in [6.07, 6.45) is 9.57. The molecule has 2 heteroatoms. The second kappa shape index (κ2) is 7.21. The van der Waals surface area contributed by atoms with Gasteiger partial charge in [-0.2, -0.15) is 0 Å². The second-order valence-electron chi connectivity index (χ2n) is 4.54. The molecule has 0 aromatic heterocycles. The molecule has 0 atom stereocenters. The Kier molecular flexibility index (Phi) is 5.88. The van der Waals surface area contributed by atoms with Gasteiger partial charge in [0.25, 0.3) is 0 Å². The van der Waals surface area contributed by atoms with Crippen LogP contribution in [0.2, 0.25) is 0 Å². The molecule has 0 aromatic carbocycles. The van der Waals surface area contributed by atoms with Crippen molar-refractivity contribution in [3.63, 3.8) is 0 Å². The molecule has 0 aromatic rings. The van der Waals surface area contributed by atoms with Crippen molar-refractivity contribution in [2.75, 3.05) is 0 Å². The van der Waals surface area contributed by atoms with Crippen molar-refractivity contribution in [2.45, 2.75) is 58.8 Å². The summed E-state index contributed by atoms with van der Waals surface area (Å²) in [5, 5.41) is 0. The maximum absolute atomic E-state index is 11.6. The summed E-state index contributed by atoms with van der Waals surface area (Å²) in [7, 11) is 0. The number of ketones is 2. The number of hydrogen-bond acceptors (Lipinski definition) is 2. The van der Waals surface area contributed by atoms with Gasteiger partial charge in [0, 0.05) is 12.8 Å². The van der Waals surface area contributed by atoms with E-state index in [2.05, 4.69) is 6.92 Å². The summed E-state index contributed by atoms with van der Waals surface area (Å²) < 4.78 is 0. The molecule has 94 valence electrons. The summed E-state index contributed by atoms with van der Waals surface area (Å²) >= 11 is 0. The van der Waals surface area contributed by atoms with Crippen molar-refractivity contribution in [2.24, 2.45) is 0 Å². The van der Waals surface area contributed by atoms with Gasteiger partial charge in [-0.1, -0.05) is 32.8 Å². The molecule has 0 saturated heterocycles. The van der Waals surface area contributed by atoms with Crippen molar-refractivity contribution in [3.05, 3.63) is 23.3 Å². The van der Waals surface area contributed by atoms with Crippen LogP contribution in [0.1, 0.15) is 58.8 Å². The summed E-state index contributed by atoms with van der Waals surface area (Å²) in [6, 6.07) is 0. The van der Waals surface area contributed by atoms with Gasteiger partial charge in [-0.05, 0) is 36.5 Å². The second-order valence-corrected chi connectivity index (χ2v) is 4.54. The molecule has 0 bridgehead atoms. The van der Waals surface area contributed by atoms with Crippen molar-refractivity contribution < 1.29 is 9.59 Å². The van der Waals surface area contributed by atoms with Gasteiger partial charge < -0.3 is 0 Å². The average Bonchev–Trinajstić information content (AvgIpc) is 2.67. The maximum Gasteiger partial charge on any atom is 0.159 e. The molecule has 0 N–H and O–H groups in total. The molecule has 0 heterocycles. The van der Waals surface area contributed by atoms with Gasteiger partial charge in [-0.15, -0.1) is 0 Å². The predicted octanol–water partition coefficient (Wildman–Crippen LogP) is 3.76. The van der Waals surface area contributed by atoms with E-state index in [4.69, 9.17) is 0 Å². The molecule has 1 rings (SSSR count). The van der Waals surface area contributed by atoms with Crippen molar-refractivity contribution in [1.29, 1.82) is 0 Å². The minimum atomic E-state index is 0.181. The number of rotatable bonds is 7. The average molecular weight is 234 g/mol. The highest BCUT2D eigenvalue weighted by Gasteiger charge is 2.19. The molecular weight excluding hydrogens is 212 g/mol. The van der Waals surface area contributed by atoms with Gasteiger partial charge >= 0.3 is 0 Å². The van der Waals surface area contributed by atoms with E-state index in [0.717, 1.165) is 43.3 Å². The Morgan fingerprint density at radius 2 is 2.00 bits per heavy atom. The standard InChI is InChI=1S/C15H22O2/c1-3-5-6-7-13(16)10-8-12-9-11-15(17)14(12)4-2/h8,10H,3-7,9,11H2,1-2H3/b10-8+. The number of carbonyl (C=O) groups excluding carboxylic acids is 2. The van der Waals surface area contributed by atoms with Gasteiger partial charge in [0.05, 0.1) is 0 Å². The molecule has 0 spiro atoms. The third-order valence-electron chi connectivity index (χ3n) is 3.20. The van der Waals surface area contributed by atoms with E-state index >= 15 is 0 Å². The summed E-state index contributed by atoms with van der Waals surface area (Å²) in [4.78, 5) is 23.1. The summed E-state index contributed by atoms with van der Waals surface area (Å²) in [5.74, 6) is 0.436. The van der Waals surface area contributed by atoms with Crippen LogP contribution >= 0.6 is 0 Å². The van der Waals surface area contributed by atoms with Crippen molar-refractivity contribution in [1.82, 2.24) is 0 Å². The fraction of sp³-hybridized carbons (Fsp3) is 0.600. The lowest BCUT2D eigenvalue weighted by Gasteiger charge is -1.98. The van der Waals surface area contributed by atoms with Gasteiger partial charge in [0.1, 0.15) is 0 Å². The Labute approximate surface area is 104 Å². The fourth-order valence-corrected chi connectivity index (χ4v) is 2.16. The fourth-order valence-electron chi connectivity index (χ4n) is 2.16. The third kappa shape index (κ3) is 4.29. The largest absolute Gasteiger partial charge is 0.295 e. The van der Waals surface area contributed by atoms with E-state index in [9.17, 15) is 9.59 Å². The van der Waals surface area contributed by atoms with E-state index in [1.807, 2.05) is 13.0 Å². The van der Waals surface area contributed by atoms with Crippen LogP contribution in [0.5, 0.6) is 0 Å². The normalized spacial score (nSPS) is 16.2. The Balaban J connectivity index is 2.50. The van der Waals surface area contributed by atoms with Crippen LogP contribution in [0, 0.1) is 0 Å². The van der Waals surface area contributed by atoms with Gasteiger partial charge in [0.2, 0.25) is 0 Å². The highest BCUT2D eigenvalue weighted by atomic mass is 16.1. The van der Waals surface area contributed by atoms with E-state index in [1.165, 1.54) is 0 Å². The van der Waals surface area contributed by atoms with Gasteiger partial charge in [-0.25, -0.2) is 0 Å². The molecule has 17 heavy (non-hydrogen) atoms. The van der Waals surface area contributed by atoms with E-state index in [0.29, 0.717) is 12.8 Å². The minimum Gasteiger partial charge on any atom is -0.295 e. The van der Waals surface area contributed by atoms with Crippen LogP contribution in [-0.4, -0.2) is 11.6 Å². The lowest BCUT2D eigenvalue weighted by molar-refractivity contribution is -0.115. The lowest BCUT2D eigenvalue weighted by atomic mass is 10.1. The first kappa shape index (κ1) is 13.9. The molecule has 0 aliphatic heterocycles. The first-order chi connectivity index (χ1) is 8.19.